The highest BCUT2D eigenvalue weighted by Crippen LogP contribution is 2.24. The zero-order chi connectivity index (χ0) is 16.8. The first kappa shape index (κ1) is 17.5. The zero-order valence-corrected chi connectivity index (χ0v) is 14.4. The van der Waals surface area contributed by atoms with Crippen LogP contribution in [-0.2, 0) is 0 Å². The molecule has 0 unspecified atom stereocenters. The molecule has 0 atom stereocenters. The molecule has 0 saturated heterocycles. The van der Waals surface area contributed by atoms with Gasteiger partial charge < -0.3 is 10.6 Å². The molecule has 0 fully saturated rings. The van der Waals surface area contributed by atoms with Gasteiger partial charge in [-0.3, -0.25) is 4.79 Å². The molecule has 0 aliphatic rings. The van der Waals surface area contributed by atoms with Crippen LogP contribution in [0.15, 0.2) is 30.6 Å². The van der Waals surface area contributed by atoms with Crippen molar-refractivity contribution in [1.82, 2.24) is 15.3 Å². The van der Waals surface area contributed by atoms with E-state index in [0.717, 1.165) is 6.42 Å². The van der Waals surface area contributed by atoms with E-state index in [0.29, 0.717) is 34.0 Å². The standard InChI is InChI=1S/C16H18Cl2N4O/c1-10(2)3-4-19-16(23)14-8-21-15(9-20-14)22-13-6-11(17)5-12(18)7-13/h5-10H,3-4H2,1-2H3,(H,19,23)(H,21,22). The predicted octanol–water partition coefficient (Wildman–Crippen LogP) is 4.30. The molecular weight excluding hydrogens is 335 g/mol. The third-order valence-electron chi connectivity index (χ3n) is 3.03. The van der Waals surface area contributed by atoms with Crippen LogP contribution in [0.1, 0.15) is 30.8 Å². The van der Waals surface area contributed by atoms with Crippen LogP contribution in [0, 0.1) is 5.92 Å². The van der Waals surface area contributed by atoms with Crippen molar-refractivity contribution in [2.45, 2.75) is 20.3 Å². The smallest absolute Gasteiger partial charge is 0.271 e. The predicted molar refractivity (Wildman–Crippen MR) is 93.6 cm³/mol. The van der Waals surface area contributed by atoms with Crippen LogP contribution in [0.5, 0.6) is 0 Å². The summed E-state index contributed by atoms with van der Waals surface area (Å²) in [5, 5.41) is 6.90. The molecule has 5 nitrogen and oxygen atoms in total. The van der Waals surface area contributed by atoms with E-state index in [1.807, 2.05) is 0 Å². The molecule has 122 valence electrons. The monoisotopic (exact) mass is 352 g/mol. The second kappa shape index (κ2) is 8.13. The first-order valence-electron chi connectivity index (χ1n) is 7.27. The summed E-state index contributed by atoms with van der Waals surface area (Å²) in [6, 6.07) is 5.09. The van der Waals surface area contributed by atoms with Crippen LogP contribution in [0.3, 0.4) is 0 Å². The molecule has 0 spiro atoms. The molecule has 0 saturated carbocycles. The lowest BCUT2D eigenvalue weighted by molar-refractivity contribution is 0.0946. The summed E-state index contributed by atoms with van der Waals surface area (Å²) in [5.41, 5.74) is 0.981. The van der Waals surface area contributed by atoms with Gasteiger partial charge in [0.25, 0.3) is 5.91 Å². The van der Waals surface area contributed by atoms with Gasteiger partial charge in [-0.05, 0) is 30.5 Å². The summed E-state index contributed by atoms with van der Waals surface area (Å²) in [4.78, 5) is 20.2. The first-order valence-corrected chi connectivity index (χ1v) is 8.03. The number of benzene rings is 1. The molecule has 0 aliphatic heterocycles. The molecular formula is C16H18Cl2N4O. The van der Waals surface area contributed by atoms with Crippen molar-refractivity contribution in [3.05, 3.63) is 46.3 Å². The van der Waals surface area contributed by atoms with Gasteiger partial charge in [-0.2, -0.15) is 0 Å². The highest BCUT2D eigenvalue weighted by Gasteiger charge is 2.08. The van der Waals surface area contributed by atoms with E-state index in [2.05, 4.69) is 34.4 Å². The van der Waals surface area contributed by atoms with E-state index < -0.39 is 0 Å². The summed E-state index contributed by atoms with van der Waals surface area (Å²) < 4.78 is 0. The van der Waals surface area contributed by atoms with Gasteiger partial charge in [0.05, 0.1) is 12.4 Å². The number of amides is 1. The van der Waals surface area contributed by atoms with Crippen molar-refractivity contribution >= 4 is 40.6 Å². The van der Waals surface area contributed by atoms with Gasteiger partial charge in [0.2, 0.25) is 0 Å². The maximum Gasteiger partial charge on any atom is 0.271 e. The number of carbonyl (C=O) groups is 1. The number of hydrogen-bond acceptors (Lipinski definition) is 4. The van der Waals surface area contributed by atoms with E-state index in [9.17, 15) is 4.79 Å². The molecule has 1 aromatic heterocycles. The number of aromatic nitrogens is 2. The van der Waals surface area contributed by atoms with Crippen LogP contribution in [0.25, 0.3) is 0 Å². The zero-order valence-electron chi connectivity index (χ0n) is 12.9. The van der Waals surface area contributed by atoms with Gasteiger partial charge in [-0.1, -0.05) is 37.0 Å². The van der Waals surface area contributed by atoms with Crippen molar-refractivity contribution in [3.8, 4) is 0 Å². The lowest BCUT2D eigenvalue weighted by Gasteiger charge is -2.08. The summed E-state index contributed by atoms with van der Waals surface area (Å²) >= 11 is 11.9. The Kier molecular flexibility index (Phi) is 6.19. The van der Waals surface area contributed by atoms with Gasteiger partial charge in [0.15, 0.2) is 0 Å². The normalized spacial score (nSPS) is 10.7. The average Bonchev–Trinajstić information content (AvgIpc) is 2.46. The van der Waals surface area contributed by atoms with Crippen LogP contribution < -0.4 is 10.6 Å². The SMILES string of the molecule is CC(C)CCNC(=O)c1cnc(Nc2cc(Cl)cc(Cl)c2)cn1. The summed E-state index contributed by atoms with van der Waals surface area (Å²) in [5.74, 6) is 0.815. The van der Waals surface area contributed by atoms with Crippen molar-refractivity contribution in [1.29, 1.82) is 0 Å². The Morgan fingerprint density at radius 3 is 2.39 bits per heavy atom. The highest BCUT2D eigenvalue weighted by atomic mass is 35.5. The number of hydrogen-bond donors (Lipinski definition) is 2. The fraction of sp³-hybridized carbons (Fsp3) is 0.312. The number of halogens is 2. The maximum atomic E-state index is 11.9. The number of rotatable bonds is 6. The summed E-state index contributed by atoms with van der Waals surface area (Å²) in [6.45, 7) is 4.84. The third kappa shape index (κ3) is 5.69. The summed E-state index contributed by atoms with van der Waals surface area (Å²) in [7, 11) is 0. The topological polar surface area (TPSA) is 66.9 Å². The van der Waals surface area contributed by atoms with Gasteiger partial charge in [0, 0.05) is 22.3 Å². The lowest BCUT2D eigenvalue weighted by atomic mass is 10.1. The van der Waals surface area contributed by atoms with E-state index in [1.165, 1.54) is 12.4 Å². The quantitative estimate of drug-likeness (QED) is 0.812. The minimum Gasteiger partial charge on any atom is -0.351 e. The van der Waals surface area contributed by atoms with Gasteiger partial charge in [-0.15, -0.1) is 0 Å². The van der Waals surface area contributed by atoms with E-state index >= 15 is 0 Å². The van der Waals surface area contributed by atoms with Crippen LogP contribution in [0.2, 0.25) is 10.0 Å². The van der Waals surface area contributed by atoms with Crippen molar-refractivity contribution < 1.29 is 4.79 Å². The molecule has 0 aliphatic carbocycles. The second-order valence-corrected chi connectivity index (χ2v) is 6.38. The van der Waals surface area contributed by atoms with Crippen LogP contribution in [-0.4, -0.2) is 22.4 Å². The number of carbonyl (C=O) groups excluding carboxylic acids is 1. The number of nitrogens with zero attached hydrogens (tertiary/aromatic N) is 2. The second-order valence-electron chi connectivity index (χ2n) is 5.51. The molecule has 0 bridgehead atoms. The molecule has 2 aromatic rings. The van der Waals surface area contributed by atoms with E-state index in [-0.39, 0.29) is 11.6 Å². The fourth-order valence-electron chi connectivity index (χ4n) is 1.85. The molecule has 0 radical (unpaired) electrons. The largest absolute Gasteiger partial charge is 0.351 e. The summed E-state index contributed by atoms with van der Waals surface area (Å²) in [6.07, 6.45) is 3.85. The molecule has 2 N–H and O–H groups in total. The molecule has 1 heterocycles. The fourth-order valence-corrected chi connectivity index (χ4v) is 2.37. The highest BCUT2D eigenvalue weighted by molar-refractivity contribution is 6.35. The van der Waals surface area contributed by atoms with Gasteiger partial charge in [0.1, 0.15) is 11.5 Å². The van der Waals surface area contributed by atoms with Crippen molar-refractivity contribution in [3.63, 3.8) is 0 Å². The van der Waals surface area contributed by atoms with E-state index in [1.54, 1.807) is 18.2 Å². The maximum absolute atomic E-state index is 11.9. The number of nitrogens with one attached hydrogen (secondary N) is 2. The Morgan fingerprint density at radius 2 is 1.83 bits per heavy atom. The third-order valence-corrected chi connectivity index (χ3v) is 3.46. The van der Waals surface area contributed by atoms with Gasteiger partial charge >= 0.3 is 0 Å². The first-order chi connectivity index (χ1) is 10.9. The average molecular weight is 353 g/mol. The molecule has 1 amide bonds. The van der Waals surface area contributed by atoms with Crippen molar-refractivity contribution in [2.75, 3.05) is 11.9 Å². The van der Waals surface area contributed by atoms with E-state index in [4.69, 9.17) is 23.2 Å². The Hall–Kier alpha value is -1.85. The van der Waals surface area contributed by atoms with Crippen LogP contribution in [0.4, 0.5) is 11.5 Å². The minimum atomic E-state index is -0.226. The van der Waals surface area contributed by atoms with Crippen molar-refractivity contribution in [2.24, 2.45) is 5.92 Å². The Balaban J connectivity index is 1.97. The van der Waals surface area contributed by atoms with Gasteiger partial charge in [-0.25, -0.2) is 9.97 Å². The Labute approximate surface area is 145 Å². The molecule has 1 aromatic carbocycles. The number of anilines is 2. The lowest BCUT2D eigenvalue weighted by Crippen LogP contribution is -2.26. The minimum absolute atomic E-state index is 0.226. The Bertz CT molecular complexity index is 654. The molecule has 23 heavy (non-hydrogen) atoms. The Morgan fingerprint density at radius 1 is 1.13 bits per heavy atom. The molecule has 2 rings (SSSR count). The molecule has 7 heteroatoms. The van der Waals surface area contributed by atoms with Crippen LogP contribution >= 0.6 is 23.2 Å².